The van der Waals surface area contributed by atoms with E-state index < -0.39 is 0 Å². The third-order valence-electron chi connectivity index (χ3n) is 4.69. The maximum absolute atomic E-state index is 3.79. The third kappa shape index (κ3) is 3.03. The zero-order chi connectivity index (χ0) is 12.3. The molecular weight excluding hydrogens is 208 g/mol. The van der Waals surface area contributed by atoms with Crippen molar-refractivity contribution in [1.29, 1.82) is 0 Å². The fourth-order valence-corrected chi connectivity index (χ4v) is 3.66. The first-order valence-electron chi connectivity index (χ1n) is 7.65. The topological polar surface area (TPSA) is 15.3 Å². The van der Waals surface area contributed by atoms with Gasteiger partial charge in [-0.3, -0.25) is 4.90 Å². The zero-order valence-electron chi connectivity index (χ0n) is 12.0. The molecule has 0 aromatic rings. The second kappa shape index (κ2) is 5.71. The number of piperazine rings is 1. The van der Waals surface area contributed by atoms with Gasteiger partial charge in [0.1, 0.15) is 0 Å². The maximum Gasteiger partial charge on any atom is 0.0334 e. The number of nitrogens with one attached hydrogen (secondary N) is 1. The Kier molecular flexibility index (Phi) is 4.48. The second-order valence-corrected chi connectivity index (χ2v) is 6.57. The molecule has 0 radical (unpaired) electrons. The molecule has 0 amide bonds. The molecule has 1 spiro atoms. The summed E-state index contributed by atoms with van der Waals surface area (Å²) < 4.78 is 0. The molecule has 0 bridgehead atoms. The van der Waals surface area contributed by atoms with E-state index in [1.54, 1.807) is 0 Å². The van der Waals surface area contributed by atoms with Crippen molar-refractivity contribution in [3.05, 3.63) is 0 Å². The van der Waals surface area contributed by atoms with Crippen LogP contribution >= 0.6 is 0 Å². The summed E-state index contributed by atoms with van der Waals surface area (Å²) in [6.07, 6.45) is 8.44. The van der Waals surface area contributed by atoms with Crippen LogP contribution in [-0.2, 0) is 0 Å². The standard InChI is InChI=1S/C15H30N2/c1-4-14-11-17(10-13(2)3)15(12-16-14)8-6-5-7-9-15/h13-14,16H,4-12H2,1-3H3. The lowest BCUT2D eigenvalue weighted by molar-refractivity contribution is 0.00131. The molecule has 1 heterocycles. The van der Waals surface area contributed by atoms with Gasteiger partial charge in [0.15, 0.2) is 0 Å². The van der Waals surface area contributed by atoms with Gasteiger partial charge >= 0.3 is 0 Å². The van der Waals surface area contributed by atoms with E-state index >= 15 is 0 Å². The molecule has 1 N–H and O–H groups in total. The highest BCUT2D eigenvalue weighted by atomic mass is 15.3. The van der Waals surface area contributed by atoms with Gasteiger partial charge in [0.2, 0.25) is 0 Å². The van der Waals surface area contributed by atoms with Crippen molar-refractivity contribution in [2.24, 2.45) is 5.92 Å². The summed E-state index contributed by atoms with van der Waals surface area (Å²) in [7, 11) is 0. The van der Waals surface area contributed by atoms with Crippen molar-refractivity contribution in [1.82, 2.24) is 10.2 Å². The molecule has 2 fully saturated rings. The Labute approximate surface area is 107 Å². The highest BCUT2D eigenvalue weighted by Gasteiger charge is 2.41. The summed E-state index contributed by atoms with van der Waals surface area (Å²) in [6, 6.07) is 0.723. The van der Waals surface area contributed by atoms with Crippen LogP contribution in [-0.4, -0.2) is 36.1 Å². The van der Waals surface area contributed by atoms with Crippen molar-refractivity contribution in [3.8, 4) is 0 Å². The fourth-order valence-electron chi connectivity index (χ4n) is 3.66. The lowest BCUT2D eigenvalue weighted by Crippen LogP contribution is -2.65. The normalized spacial score (nSPS) is 30.0. The van der Waals surface area contributed by atoms with E-state index in [2.05, 4.69) is 31.0 Å². The second-order valence-electron chi connectivity index (χ2n) is 6.57. The van der Waals surface area contributed by atoms with E-state index in [4.69, 9.17) is 0 Å². The molecule has 1 saturated carbocycles. The molecule has 1 unspecified atom stereocenters. The lowest BCUT2D eigenvalue weighted by Gasteiger charge is -2.52. The van der Waals surface area contributed by atoms with Crippen LogP contribution < -0.4 is 5.32 Å². The SMILES string of the molecule is CCC1CN(CC(C)C)C2(CCCCC2)CN1. The van der Waals surface area contributed by atoms with Crippen molar-refractivity contribution < 1.29 is 0 Å². The van der Waals surface area contributed by atoms with Gasteiger partial charge in [0.25, 0.3) is 0 Å². The average Bonchev–Trinajstić information content (AvgIpc) is 2.33. The summed E-state index contributed by atoms with van der Waals surface area (Å²) in [5, 5.41) is 3.79. The van der Waals surface area contributed by atoms with Crippen molar-refractivity contribution in [3.63, 3.8) is 0 Å². The molecule has 1 aliphatic heterocycles. The van der Waals surface area contributed by atoms with Gasteiger partial charge in [-0.15, -0.1) is 0 Å². The Balaban J connectivity index is 2.06. The van der Waals surface area contributed by atoms with Crippen LogP contribution in [0.2, 0.25) is 0 Å². The Morgan fingerprint density at radius 3 is 2.53 bits per heavy atom. The smallest absolute Gasteiger partial charge is 0.0334 e. The first kappa shape index (κ1) is 13.4. The average molecular weight is 238 g/mol. The molecular formula is C15H30N2. The summed E-state index contributed by atoms with van der Waals surface area (Å²) in [5.41, 5.74) is 0.508. The van der Waals surface area contributed by atoms with E-state index in [-0.39, 0.29) is 0 Å². The summed E-state index contributed by atoms with van der Waals surface area (Å²) >= 11 is 0. The molecule has 100 valence electrons. The summed E-state index contributed by atoms with van der Waals surface area (Å²) in [6.45, 7) is 10.8. The first-order valence-corrected chi connectivity index (χ1v) is 7.65. The Morgan fingerprint density at radius 1 is 1.24 bits per heavy atom. The molecule has 1 saturated heterocycles. The van der Waals surface area contributed by atoms with E-state index in [1.807, 2.05) is 0 Å². The van der Waals surface area contributed by atoms with Gasteiger partial charge in [-0.1, -0.05) is 40.0 Å². The Morgan fingerprint density at radius 2 is 1.94 bits per heavy atom. The van der Waals surface area contributed by atoms with Crippen molar-refractivity contribution in [2.45, 2.75) is 70.9 Å². The number of hydrogen-bond donors (Lipinski definition) is 1. The minimum Gasteiger partial charge on any atom is -0.311 e. The minimum absolute atomic E-state index is 0.508. The molecule has 2 heteroatoms. The van der Waals surface area contributed by atoms with E-state index in [9.17, 15) is 0 Å². The zero-order valence-corrected chi connectivity index (χ0v) is 12.0. The molecule has 2 rings (SSSR count). The van der Waals surface area contributed by atoms with Gasteiger partial charge in [-0.05, 0) is 25.2 Å². The van der Waals surface area contributed by atoms with Gasteiger partial charge in [0, 0.05) is 31.2 Å². The fraction of sp³-hybridized carbons (Fsp3) is 1.00. The van der Waals surface area contributed by atoms with Crippen LogP contribution in [0, 0.1) is 5.92 Å². The first-order chi connectivity index (χ1) is 8.16. The van der Waals surface area contributed by atoms with Crippen LogP contribution in [0.1, 0.15) is 59.3 Å². The number of hydrogen-bond acceptors (Lipinski definition) is 2. The molecule has 0 aromatic heterocycles. The summed E-state index contributed by atoms with van der Waals surface area (Å²) in [5.74, 6) is 0.796. The van der Waals surface area contributed by atoms with Gasteiger partial charge in [-0.25, -0.2) is 0 Å². The summed E-state index contributed by atoms with van der Waals surface area (Å²) in [4.78, 5) is 2.83. The highest BCUT2D eigenvalue weighted by Crippen LogP contribution is 2.36. The van der Waals surface area contributed by atoms with Crippen molar-refractivity contribution >= 4 is 0 Å². The molecule has 1 aliphatic carbocycles. The minimum atomic E-state index is 0.508. The third-order valence-corrected chi connectivity index (χ3v) is 4.69. The van der Waals surface area contributed by atoms with E-state index in [0.717, 1.165) is 12.0 Å². The Bertz CT molecular complexity index is 231. The van der Waals surface area contributed by atoms with Gasteiger partial charge < -0.3 is 5.32 Å². The van der Waals surface area contributed by atoms with E-state index in [1.165, 1.54) is 58.2 Å². The van der Waals surface area contributed by atoms with E-state index in [0.29, 0.717) is 5.54 Å². The van der Waals surface area contributed by atoms with Crippen LogP contribution in [0.15, 0.2) is 0 Å². The highest BCUT2D eigenvalue weighted by molar-refractivity contribution is 5.00. The monoisotopic (exact) mass is 238 g/mol. The van der Waals surface area contributed by atoms with Crippen LogP contribution in [0.3, 0.4) is 0 Å². The lowest BCUT2D eigenvalue weighted by atomic mass is 9.78. The predicted octanol–water partition coefficient (Wildman–Crippen LogP) is 3.03. The van der Waals surface area contributed by atoms with Crippen molar-refractivity contribution in [2.75, 3.05) is 19.6 Å². The molecule has 1 atom stereocenters. The van der Waals surface area contributed by atoms with Crippen LogP contribution in [0.5, 0.6) is 0 Å². The molecule has 2 nitrogen and oxygen atoms in total. The van der Waals surface area contributed by atoms with Crippen LogP contribution in [0.25, 0.3) is 0 Å². The van der Waals surface area contributed by atoms with Crippen LogP contribution in [0.4, 0.5) is 0 Å². The molecule has 0 aromatic carbocycles. The van der Waals surface area contributed by atoms with Gasteiger partial charge in [-0.2, -0.15) is 0 Å². The quantitative estimate of drug-likeness (QED) is 0.813. The molecule has 2 aliphatic rings. The Hall–Kier alpha value is -0.0800. The molecule has 17 heavy (non-hydrogen) atoms. The largest absolute Gasteiger partial charge is 0.311 e. The predicted molar refractivity (Wildman–Crippen MR) is 74.3 cm³/mol. The number of rotatable bonds is 3. The van der Waals surface area contributed by atoms with Gasteiger partial charge in [0.05, 0.1) is 0 Å². The maximum atomic E-state index is 3.79. The number of nitrogens with zero attached hydrogens (tertiary/aromatic N) is 1.